The van der Waals surface area contributed by atoms with E-state index in [1.807, 2.05) is 0 Å². The molecule has 0 aliphatic heterocycles. The Bertz CT molecular complexity index is 1250. The van der Waals surface area contributed by atoms with Crippen LogP contribution in [0.5, 0.6) is 0 Å². The molecule has 0 radical (unpaired) electrons. The minimum absolute atomic E-state index is 0.209. The fourth-order valence-corrected chi connectivity index (χ4v) is 3.05. The molecule has 8 heteroatoms. The average molecular weight is 405 g/mol. The second-order valence-electron chi connectivity index (χ2n) is 6.53. The predicted octanol–water partition coefficient (Wildman–Crippen LogP) is 4.38. The van der Waals surface area contributed by atoms with Gasteiger partial charge in [0, 0.05) is 11.3 Å². The lowest BCUT2D eigenvalue weighted by Crippen LogP contribution is -2.13. The number of rotatable bonds is 4. The van der Waals surface area contributed by atoms with Crippen LogP contribution in [-0.4, -0.2) is 29.1 Å². The van der Waals surface area contributed by atoms with E-state index >= 15 is 0 Å². The summed E-state index contributed by atoms with van der Waals surface area (Å²) in [6.07, 6.45) is 0. The minimum atomic E-state index is -0.465. The van der Waals surface area contributed by atoms with Gasteiger partial charge in [0.1, 0.15) is 5.82 Å². The summed E-state index contributed by atoms with van der Waals surface area (Å²) in [6, 6.07) is 13.7. The van der Waals surface area contributed by atoms with E-state index in [0.29, 0.717) is 39.2 Å². The first-order chi connectivity index (χ1) is 14.5. The third-order valence-electron chi connectivity index (χ3n) is 4.57. The standard InChI is InChI=1S/C22H16FN3O4/c1-12-19-17(20(27)24-16-9-5-14(6-10-16)22(28)29-2)11-18(25-21(19)30-26-12)13-3-7-15(23)8-4-13/h3-11H,1-2H3,(H,24,27). The predicted molar refractivity (Wildman–Crippen MR) is 108 cm³/mol. The first kappa shape index (κ1) is 19.3. The molecule has 4 rings (SSSR count). The van der Waals surface area contributed by atoms with Crippen molar-refractivity contribution in [2.45, 2.75) is 6.92 Å². The number of carbonyl (C=O) groups excluding carboxylic acids is 2. The highest BCUT2D eigenvalue weighted by Crippen LogP contribution is 2.28. The molecule has 0 aliphatic carbocycles. The number of nitrogens with one attached hydrogen (secondary N) is 1. The molecule has 2 heterocycles. The average Bonchev–Trinajstić information content (AvgIpc) is 3.14. The maximum atomic E-state index is 13.3. The van der Waals surface area contributed by atoms with Gasteiger partial charge in [-0.3, -0.25) is 4.79 Å². The van der Waals surface area contributed by atoms with Crippen LogP contribution in [0.15, 0.2) is 59.1 Å². The monoisotopic (exact) mass is 405 g/mol. The molecule has 0 unspecified atom stereocenters. The van der Waals surface area contributed by atoms with E-state index in [1.54, 1.807) is 49.4 Å². The van der Waals surface area contributed by atoms with Gasteiger partial charge in [-0.2, -0.15) is 0 Å². The molecule has 30 heavy (non-hydrogen) atoms. The van der Waals surface area contributed by atoms with Gasteiger partial charge < -0.3 is 14.6 Å². The second kappa shape index (κ2) is 7.75. The summed E-state index contributed by atoms with van der Waals surface area (Å²) in [5.74, 6) is -1.24. The second-order valence-corrected chi connectivity index (χ2v) is 6.53. The highest BCUT2D eigenvalue weighted by Gasteiger charge is 2.20. The zero-order chi connectivity index (χ0) is 21.3. The molecule has 1 N–H and O–H groups in total. The molecule has 0 saturated heterocycles. The molecule has 0 atom stereocenters. The summed E-state index contributed by atoms with van der Waals surface area (Å²) in [4.78, 5) is 29.0. The quantitative estimate of drug-likeness (QED) is 0.507. The lowest BCUT2D eigenvalue weighted by molar-refractivity contribution is 0.0600. The fourth-order valence-electron chi connectivity index (χ4n) is 3.05. The molecule has 0 aliphatic rings. The fraction of sp³-hybridized carbons (Fsp3) is 0.0909. The number of esters is 1. The van der Waals surface area contributed by atoms with Crippen LogP contribution < -0.4 is 5.32 Å². The number of hydrogen-bond donors (Lipinski definition) is 1. The van der Waals surface area contributed by atoms with Gasteiger partial charge in [0.25, 0.3) is 11.6 Å². The lowest BCUT2D eigenvalue weighted by Gasteiger charge is -2.09. The van der Waals surface area contributed by atoms with E-state index in [1.165, 1.54) is 19.2 Å². The number of amides is 1. The van der Waals surface area contributed by atoms with Crippen LogP contribution in [0.1, 0.15) is 26.4 Å². The first-order valence-corrected chi connectivity index (χ1v) is 8.99. The number of halogens is 1. The minimum Gasteiger partial charge on any atom is -0.465 e. The smallest absolute Gasteiger partial charge is 0.337 e. The zero-order valence-electron chi connectivity index (χ0n) is 16.1. The Balaban J connectivity index is 1.71. The van der Waals surface area contributed by atoms with Crippen LogP contribution in [0, 0.1) is 12.7 Å². The van der Waals surface area contributed by atoms with Gasteiger partial charge in [0.15, 0.2) is 0 Å². The zero-order valence-corrected chi connectivity index (χ0v) is 16.1. The van der Waals surface area contributed by atoms with Crippen molar-refractivity contribution in [1.29, 1.82) is 0 Å². The van der Waals surface area contributed by atoms with Crippen molar-refractivity contribution in [3.8, 4) is 11.3 Å². The topological polar surface area (TPSA) is 94.3 Å². The number of aromatic nitrogens is 2. The van der Waals surface area contributed by atoms with Gasteiger partial charge in [-0.1, -0.05) is 5.16 Å². The maximum absolute atomic E-state index is 13.3. The van der Waals surface area contributed by atoms with Gasteiger partial charge in [-0.05, 0) is 61.5 Å². The largest absolute Gasteiger partial charge is 0.465 e. The highest BCUT2D eigenvalue weighted by atomic mass is 19.1. The summed E-state index contributed by atoms with van der Waals surface area (Å²) in [5, 5.41) is 7.19. The molecule has 150 valence electrons. The molecular weight excluding hydrogens is 389 g/mol. The number of benzene rings is 2. The number of methoxy groups -OCH3 is 1. The number of fused-ring (bicyclic) bond motifs is 1. The molecule has 0 saturated carbocycles. The number of nitrogens with zero attached hydrogens (tertiary/aromatic N) is 2. The van der Waals surface area contributed by atoms with E-state index < -0.39 is 11.9 Å². The molecule has 0 bridgehead atoms. The molecule has 7 nitrogen and oxygen atoms in total. The van der Waals surface area contributed by atoms with E-state index in [9.17, 15) is 14.0 Å². The molecular formula is C22H16FN3O4. The van der Waals surface area contributed by atoms with Crippen molar-refractivity contribution in [1.82, 2.24) is 10.1 Å². The Labute approximate surface area is 170 Å². The summed E-state index contributed by atoms with van der Waals surface area (Å²) < 4.78 is 23.2. The van der Waals surface area contributed by atoms with E-state index in [4.69, 9.17) is 4.52 Å². The molecule has 2 aromatic heterocycles. The van der Waals surface area contributed by atoms with Crippen LogP contribution in [-0.2, 0) is 4.74 Å². The Morgan fingerprint density at radius 2 is 1.77 bits per heavy atom. The van der Waals surface area contributed by atoms with Crippen molar-refractivity contribution in [2.24, 2.45) is 0 Å². The third-order valence-corrected chi connectivity index (χ3v) is 4.57. The summed E-state index contributed by atoms with van der Waals surface area (Å²) in [7, 11) is 1.30. The lowest BCUT2D eigenvalue weighted by atomic mass is 10.0. The SMILES string of the molecule is COC(=O)c1ccc(NC(=O)c2cc(-c3ccc(F)cc3)nc3onc(C)c23)cc1. The highest BCUT2D eigenvalue weighted by molar-refractivity contribution is 6.13. The van der Waals surface area contributed by atoms with E-state index in [0.717, 1.165) is 0 Å². The van der Waals surface area contributed by atoms with Gasteiger partial charge in [0.05, 0.1) is 35.0 Å². The van der Waals surface area contributed by atoms with Crippen LogP contribution in [0.2, 0.25) is 0 Å². The molecule has 4 aromatic rings. The van der Waals surface area contributed by atoms with Crippen LogP contribution >= 0.6 is 0 Å². The summed E-state index contributed by atoms with van der Waals surface area (Å²) >= 11 is 0. The van der Waals surface area contributed by atoms with Gasteiger partial charge in [-0.25, -0.2) is 14.2 Å². The first-order valence-electron chi connectivity index (χ1n) is 8.99. The van der Waals surface area contributed by atoms with E-state index in [-0.39, 0.29) is 11.5 Å². The number of carbonyl (C=O) groups is 2. The molecule has 1 amide bonds. The van der Waals surface area contributed by atoms with Crippen LogP contribution in [0.25, 0.3) is 22.4 Å². The Kier molecular flexibility index (Phi) is 4.97. The van der Waals surface area contributed by atoms with Gasteiger partial charge in [0.2, 0.25) is 0 Å². The molecule has 0 spiro atoms. The number of anilines is 1. The van der Waals surface area contributed by atoms with Crippen LogP contribution in [0.4, 0.5) is 10.1 Å². The van der Waals surface area contributed by atoms with Gasteiger partial charge in [-0.15, -0.1) is 0 Å². The molecule has 2 aromatic carbocycles. The Morgan fingerprint density at radius 3 is 2.43 bits per heavy atom. The van der Waals surface area contributed by atoms with Gasteiger partial charge >= 0.3 is 5.97 Å². The number of pyridine rings is 1. The van der Waals surface area contributed by atoms with Crippen molar-refractivity contribution < 1.29 is 23.2 Å². The molecule has 0 fully saturated rings. The van der Waals surface area contributed by atoms with Crippen molar-refractivity contribution in [2.75, 3.05) is 12.4 Å². The van der Waals surface area contributed by atoms with E-state index in [2.05, 4.69) is 20.2 Å². The number of aryl methyl sites for hydroxylation is 1. The normalized spacial score (nSPS) is 10.8. The maximum Gasteiger partial charge on any atom is 0.337 e. The number of ether oxygens (including phenoxy) is 1. The third kappa shape index (κ3) is 3.62. The van der Waals surface area contributed by atoms with Crippen molar-refractivity contribution >= 4 is 28.7 Å². The van der Waals surface area contributed by atoms with Crippen molar-refractivity contribution in [3.05, 3.63) is 77.2 Å². The summed E-state index contributed by atoms with van der Waals surface area (Å²) in [6.45, 7) is 1.72. The van der Waals surface area contributed by atoms with Crippen LogP contribution in [0.3, 0.4) is 0 Å². The van der Waals surface area contributed by atoms with Crippen molar-refractivity contribution in [3.63, 3.8) is 0 Å². The number of hydrogen-bond acceptors (Lipinski definition) is 6. The summed E-state index contributed by atoms with van der Waals surface area (Å²) in [5.41, 5.74) is 2.99. The Hall–Kier alpha value is -4.07. The Morgan fingerprint density at radius 1 is 1.07 bits per heavy atom.